The predicted molar refractivity (Wildman–Crippen MR) is 142 cm³/mol. The summed E-state index contributed by atoms with van der Waals surface area (Å²) in [4.78, 5) is 17.8. The van der Waals surface area contributed by atoms with Crippen LogP contribution in [0.25, 0.3) is 16.8 Å². The van der Waals surface area contributed by atoms with Crippen LogP contribution in [0.5, 0.6) is 5.75 Å². The molecule has 4 nitrogen and oxygen atoms in total. The molecular formula is C27H18Cl2N2O2S. The van der Waals surface area contributed by atoms with Gasteiger partial charge in [0.05, 0.1) is 15.6 Å². The predicted octanol–water partition coefficient (Wildman–Crippen LogP) is 7.62. The second-order valence-electron chi connectivity index (χ2n) is 7.55. The number of thioether (sulfide) groups is 1. The van der Waals surface area contributed by atoms with Crippen molar-refractivity contribution >= 4 is 68.6 Å². The highest BCUT2D eigenvalue weighted by atomic mass is 35.5. The number of halogens is 2. The van der Waals surface area contributed by atoms with Gasteiger partial charge in [-0.2, -0.15) is 0 Å². The zero-order valence-corrected chi connectivity index (χ0v) is 20.1. The molecule has 1 aliphatic rings. The number of ether oxygens (including phenoxy) is 1. The molecule has 0 aliphatic carbocycles. The highest BCUT2D eigenvalue weighted by Crippen LogP contribution is 2.35. The molecule has 0 radical (unpaired) electrons. The van der Waals surface area contributed by atoms with E-state index in [0.717, 1.165) is 21.9 Å². The van der Waals surface area contributed by atoms with Gasteiger partial charge in [0.2, 0.25) is 0 Å². The molecule has 4 aromatic carbocycles. The number of carbonyl (C=O) groups excluding carboxylic acids is 1. The molecule has 0 atom stereocenters. The summed E-state index contributed by atoms with van der Waals surface area (Å²) in [5, 5.41) is 6.56. The molecule has 34 heavy (non-hydrogen) atoms. The Morgan fingerprint density at radius 1 is 0.912 bits per heavy atom. The average Bonchev–Trinajstić information content (AvgIpc) is 3.19. The summed E-state index contributed by atoms with van der Waals surface area (Å²) in [6, 6.07) is 26.7. The van der Waals surface area contributed by atoms with E-state index in [0.29, 0.717) is 38.2 Å². The van der Waals surface area contributed by atoms with Crippen LogP contribution in [0.3, 0.4) is 0 Å². The van der Waals surface area contributed by atoms with E-state index in [1.54, 1.807) is 12.1 Å². The van der Waals surface area contributed by atoms with Gasteiger partial charge in [0, 0.05) is 10.6 Å². The van der Waals surface area contributed by atoms with Gasteiger partial charge >= 0.3 is 0 Å². The number of nitrogens with zero attached hydrogens (tertiary/aromatic N) is 1. The Morgan fingerprint density at radius 2 is 1.68 bits per heavy atom. The number of para-hydroxylation sites is 1. The van der Waals surface area contributed by atoms with E-state index in [1.165, 1.54) is 11.8 Å². The Hall–Kier alpha value is -3.25. The minimum atomic E-state index is -0.215. The van der Waals surface area contributed by atoms with E-state index in [-0.39, 0.29) is 5.91 Å². The number of benzene rings is 4. The lowest BCUT2D eigenvalue weighted by Crippen LogP contribution is -2.19. The van der Waals surface area contributed by atoms with Gasteiger partial charge in [0.25, 0.3) is 5.91 Å². The van der Waals surface area contributed by atoms with E-state index in [1.807, 2.05) is 78.9 Å². The molecule has 168 valence electrons. The van der Waals surface area contributed by atoms with Crippen LogP contribution in [0.4, 0.5) is 5.69 Å². The van der Waals surface area contributed by atoms with Crippen LogP contribution in [-0.2, 0) is 11.4 Å². The molecule has 1 N–H and O–H groups in total. The highest BCUT2D eigenvalue weighted by Gasteiger charge is 2.25. The molecule has 0 bridgehead atoms. The summed E-state index contributed by atoms with van der Waals surface area (Å²) < 4.78 is 6.18. The van der Waals surface area contributed by atoms with Crippen LogP contribution in [-0.4, -0.2) is 11.1 Å². The summed E-state index contributed by atoms with van der Waals surface area (Å²) in [5.74, 6) is 0.471. The molecule has 1 saturated heterocycles. The third kappa shape index (κ3) is 4.97. The number of fused-ring (bicyclic) bond motifs is 1. The van der Waals surface area contributed by atoms with Crippen molar-refractivity contribution < 1.29 is 9.53 Å². The summed E-state index contributed by atoms with van der Waals surface area (Å²) >= 11 is 13.5. The maximum atomic E-state index is 12.8. The first-order chi connectivity index (χ1) is 16.6. The zero-order chi connectivity index (χ0) is 23.5. The molecule has 0 spiro atoms. The first kappa shape index (κ1) is 22.5. The molecule has 1 amide bonds. The molecule has 4 aromatic rings. The SMILES string of the molecule is O=C1NC(=Nc2ccccc2Cl)S/C1=C\c1c(OCc2ccc(Cl)cc2)ccc2ccccc12. The summed E-state index contributed by atoms with van der Waals surface area (Å²) in [5.41, 5.74) is 2.44. The lowest BCUT2D eigenvalue weighted by Gasteiger charge is -2.13. The van der Waals surface area contributed by atoms with Crippen molar-refractivity contribution in [2.75, 3.05) is 0 Å². The third-order valence-corrected chi connectivity index (χ3v) is 6.72. The Morgan fingerprint density at radius 3 is 2.50 bits per heavy atom. The number of nitrogens with one attached hydrogen (secondary N) is 1. The topological polar surface area (TPSA) is 50.7 Å². The maximum Gasteiger partial charge on any atom is 0.264 e. The maximum absolute atomic E-state index is 12.8. The Bertz CT molecular complexity index is 1450. The van der Waals surface area contributed by atoms with Crippen LogP contribution in [0.15, 0.2) is 94.8 Å². The normalized spacial score (nSPS) is 15.8. The molecular weight excluding hydrogens is 487 g/mol. The first-order valence-electron chi connectivity index (χ1n) is 10.5. The van der Waals surface area contributed by atoms with Crippen molar-refractivity contribution in [1.82, 2.24) is 5.32 Å². The third-order valence-electron chi connectivity index (χ3n) is 5.24. The van der Waals surface area contributed by atoms with Crippen molar-refractivity contribution in [1.29, 1.82) is 0 Å². The van der Waals surface area contributed by atoms with E-state index < -0.39 is 0 Å². The van der Waals surface area contributed by atoms with Gasteiger partial charge in [0.15, 0.2) is 5.17 Å². The minimum Gasteiger partial charge on any atom is -0.488 e. The van der Waals surface area contributed by atoms with Gasteiger partial charge in [-0.3, -0.25) is 4.79 Å². The number of aliphatic imine (C=N–C) groups is 1. The number of rotatable bonds is 5. The lowest BCUT2D eigenvalue weighted by atomic mass is 10.0. The lowest BCUT2D eigenvalue weighted by molar-refractivity contribution is -0.115. The molecule has 0 aromatic heterocycles. The van der Waals surface area contributed by atoms with Gasteiger partial charge < -0.3 is 10.1 Å². The van der Waals surface area contributed by atoms with Crippen molar-refractivity contribution in [2.24, 2.45) is 4.99 Å². The fraction of sp³-hybridized carbons (Fsp3) is 0.0370. The Balaban J connectivity index is 1.49. The fourth-order valence-corrected chi connectivity index (χ4v) is 4.68. The van der Waals surface area contributed by atoms with Gasteiger partial charge in [-0.1, -0.05) is 77.8 Å². The first-order valence-corrected chi connectivity index (χ1v) is 12.1. The van der Waals surface area contributed by atoms with Gasteiger partial charge in [-0.05, 0) is 64.5 Å². The van der Waals surface area contributed by atoms with E-state index in [9.17, 15) is 4.79 Å². The van der Waals surface area contributed by atoms with Gasteiger partial charge in [-0.25, -0.2) is 4.99 Å². The number of carbonyl (C=O) groups is 1. The van der Waals surface area contributed by atoms with Crippen LogP contribution < -0.4 is 10.1 Å². The fourth-order valence-electron chi connectivity index (χ4n) is 3.56. The number of hydrogen-bond acceptors (Lipinski definition) is 4. The largest absolute Gasteiger partial charge is 0.488 e. The Labute approximate surface area is 211 Å². The molecule has 1 fully saturated rings. The summed E-state index contributed by atoms with van der Waals surface area (Å²) in [7, 11) is 0. The molecule has 1 aliphatic heterocycles. The zero-order valence-electron chi connectivity index (χ0n) is 17.8. The van der Waals surface area contributed by atoms with Crippen molar-refractivity contribution in [2.45, 2.75) is 6.61 Å². The minimum absolute atomic E-state index is 0.215. The quantitative estimate of drug-likeness (QED) is 0.284. The van der Waals surface area contributed by atoms with Crippen molar-refractivity contribution in [3.63, 3.8) is 0 Å². The van der Waals surface area contributed by atoms with Gasteiger partial charge in [0.1, 0.15) is 12.4 Å². The van der Waals surface area contributed by atoms with E-state index >= 15 is 0 Å². The monoisotopic (exact) mass is 504 g/mol. The number of amides is 1. The van der Waals surface area contributed by atoms with Crippen LogP contribution in [0, 0.1) is 0 Å². The number of amidine groups is 1. The van der Waals surface area contributed by atoms with E-state index in [2.05, 4.69) is 10.3 Å². The summed E-state index contributed by atoms with van der Waals surface area (Å²) in [6.07, 6.45) is 1.86. The molecule has 0 unspecified atom stereocenters. The van der Waals surface area contributed by atoms with Gasteiger partial charge in [-0.15, -0.1) is 0 Å². The van der Waals surface area contributed by atoms with Crippen LogP contribution >= 0.6 is 35.0 Å². The standard InChI is InChI=1S/C27H18Cl2N2O2S/c28-19-12-9-17(10-13-19)16-33-24-14-11-18-5-1-2-6-20(18)21(24)15-25-26(32)31-27(34-25)30-23-8-4-3-7-22(23)29/h1-15H,16H2,(H,30,31,32)/b25-15-. The second-order valence-corrected chi connectivity index (χ2v) is 9.42. The smallest absolute Gasteiger partial charge is 0.264 e. The van der Waals surface area contributed by atoms with Crippen LogP contribution in [0.2, 0.25) is 10.0 Å². The van der Waals surface area contributed by atoms with Crippen molar-refractivity contribution in [3.8, 4) is 5.75 Å². The molecule has 7 heteroatoms. The Kier molecular flexibility index (Phi) is 6.59. The van der Waals surface area contributed by atoms with Crippen molar-refractivity contribution in [3.05, 3.63) is 111 Å². The highest BCUT2D eigenvalue weighted by molar-refractivity contribution is 8.18. The summed E-state index contributed by atoms with van der Waals surface area (Å²) in [6.45, 7) is 0.379. The molecule has 5 rings (SSSR count). The van der Waals surface area contributed by atoms with Crippen LogP contribution in [0.1, 0.15) is 11.1 Å². The van der Waals surface area contributed by atoms with E-state index in [4.69, 9.17) is 27.9 Å². The second kappa shape index (κ2) is 9.94. The molecule has 1 heterocycles. The average molecular weight is 505 g/mol. The molecule has 0 saturated carbocycles. The number of hydrogen-bond donors (Lipinski definition) is 1.